The zero-order chi connectivity index (χ0) is 13.4. The van der Waals surface area contributed by atoms with Crippen molar-refractivity contribution in [3.8, 4) is 0 Å². The first-order chi connectivity index (χ1) is 8.55. The summed E-state index contributed by atoms with van der Waals surface area (Å²) in [6.45, 7) is -3.30. The van der Waals surface area contributed by atoms with Crippen molar-refractivity contribution in [2.24, 2.45) is 0 Å². The van der Waals surface area contributed by atoms with E-state index >= 15 is 0 Å². The van der Waals surface area contributed by atoms with Gasteiger partial charge in [0, 0.05) is 11.1 Å². The molecular weight excluding hydrogens is 303 g/mol. The summed E-state index contributed by atoms with van der Waals surface area (Å²) in [5.41, 5.74) is 0.981. The fraction of sp³-hybridized carbons (Fsp3) is 0.500. The molecule has 18 heavy (non-hydrogen) atoms. The van der Waals surface area contributed by atoms with Crippen LogP contribution >= 0.6 is 28.9 Å². The number of rotatable bonds is 8. The average Bonchev–Trinajstić information content (AvgIpc) is 2.33. The Bertz CT molecular complexity index is 406. The van der Waals surface area contributed by atoms with E-state index in [9.17, 15) is 9.79 Å². The zero-order valence-corrected chi connectivity index (χ0v) is 13.6. The highest BCUT2D eigenvalue weighted by Gasteiger charge is 2.15. The minimum absolute atomic E-state index is 0.547. The smallest absolute Gasteiger partial charge is 0.214 e. The van der Waals surface area contributed by atoms with Crippen LogP contribution in [0.5, 0.6) is 0 Å². The van der Waals surface area contributed by atoms with Crippen molar-refractivity contribution in [1.82, 2.24) is 0 Å². The van der Waals surface area contributed by atoms with Crippen molar-refractivity contribution in [2.75, 3.05) is 5.75 Å². The van der Waals surface area contributed by atoms with E-state index in [1.54, 1.807) is 22.9 Å². The van der Waals surface area contributed by atoms with Crippen LogP contribution in [-0.4, -0.2) is 15.5 Å². The van der Waals surface area contributed by atoms with Crippen molar-refractivity contribution in [3.63, 3.8) is 0 Å². The van der Waals surface area contributed by atoms with Crippen LogP contribution in [0.15, 0.2) is 24.3 Å². The summed E-state index contributed by atoms with van der Waals surface area (Å²) in [5.74, 6) is 1.09. The van der Waals surface area contributed by atoms with E-state index in [4.69, 9.17) is 11.8 Å². The highest BCUT2D eigenvalue weighted by atomic mass is 33.1. The van der Waals surface area contributed by atoms with E-state index in [2.05, 4.69) is 11.7 Å². The minimum atomic E-state index is -3.30. The Morgan fingerprint density at radius 1 is 1.11 bits per heavy atom. The maximum atomic E-state index is 9.61. The third-order valence-corrected chi connectivity index (χ3v) is 5.41. The number of unbranched alkanes of at least 4 members (excludes halogenated alkanes) is 3. The zero-order valence-electron chi connectivity index (χ0n) is 10.2. The van der Waals surface area contributed by atoms with Gasteiger partial charge in [-0.05, 0) is 42.7 Å². The highest BCUT2D eigenvalue weighted by molar-refractivity contribution is 8.68. The van der Waals surface area contributed by atoms with Crippen LogP contribution in [0.2, 0.25) is 0 Å². The molecule has 0 radical (unpaired) electrons. The predicted molar refractivity (Wildman–Crippen MR) is 88.4 cm³/mol. The fourth-order valence-electron chi connectivity index (χ4n) is 1.84. The number of aryl methyl sites for hydroxylation is 1. The molecule has 0 unspecified atom stereocenters. The quantitative estimate of drug-likeness (QED) is 0.297. The molecule has 1 aromatic rings. The number of thiol groups is 1. The van der Waals surface area contributed by atoms with Crippen LogP contribution in [0.4, 0.5) is 0 Å². The van der Waals surface area contributed by atoms with E-state index < -0.39 is 6.49 Å². The van der Waals surface area contributed by atoms with Crippen LogP contribution in [0.25, 0.3) is 0 Å². The van der Waals surface area contributed by atoms with Crippen LogP contribution in [-0.2, 0) is 18.2 Å². The third-order valence-electron chi connectivity index (χ3n) is 2.74. The maximum Gasteiger partial charge on any atom is 0.214 e. The molecule has 0 heterocycles. The molecule has 0 aromatic heterocycles. The van der Waals surface area contributed by atoms with E-state index in [-0.39, 0.29) is 0 Å². The second kappa shape index (κ2) is 8.62. The molecule has 0 aliphatic rings. The molecule has 0 fully saturated rings. The van der Waals surface area contributed by atoms with Gasteiger partial charge >= 0.3 is 0 Å². The molecule has 0 saturated carbocycles. The molecule has 1 rings (SSSR count). The molecule has 2 N–H and O–H groups in total. The summed E-state index contributed by atoms with van der Waals surface area (Å²) in [6, 6.07) is 7.39. The Labute approximate surface area is 123 Å². The van der Waals surface area contributed by atoms with Crippen molar-refractivity contribution in [1.29, 1.82) is 0 Å². The standard InChI is InChI=1S/C12H19O2PS3/c13-15(14,16)12-9-5-4-8-11(12)7-3-1-2-6-10-18-17/h4-5,8-9,17H,1-3,6-7,10H2,(H2,13,14,16). The predicted octanol–water partition coefficient (Wildman–Crippen LogP) is 3.29. The summed E-state index contributed by atoms with van der Waals surface area (Å²) < 4.78 is 0. The largest absolute Gasteiger partial charge is 0.342 e. The van der Waals surface area contributed by atoms with Gasteiger partial charge in [0.1, 0.15) is 0 Å². The minimum Gasteiger partial charge on any atom is -0.342 e. The van der Waals surface area contributed by atoms with Crippen molar-refractivity contribution in [3.05, 3.63) is 29.8 Å². The number of hydrogen-bond acceptors (Lipinski definition) is 3. The topological polar surface area (TPSA) is 40.5 Å². The summed E-state index contributed by atoms with van der Waals surface area (Å²) >= 11 is 8.89. The van der Waals surface area contributed by atoms with Crippen molar-refractivity contribution in [2.45, 2.75) is 32.1 Å². The lowest BCUT2D eigenvalue weighted by molar-refractivity contribution is 0.492. The second-order valence-electron chi connectivity index (χ2n) is 4.17. The molecule has 0 atom stereocenters. The van der Waals surface area contributed by atoms with Crippen LogP contribution in [0.1, 0.15) is 31.2 Å². The Hall–Kier alpha value is 0.490. The van der Waals surface area contributed by atoms with Crippen LogP contribution < -0.4 is 5.30 Å². The summed E-state index contributed by atoms with van der Waals surface area (Å²) in [4.78, 5) is 19.2. The molecule has 1 aromatic carbocycles. The van der Waals surface area contributed by atoms with Gasteiger partial charge in [-0.25, -0.2) is 0 Å². The summed E-state index contributed by atoms with van der Waals surface area (Å²) in [7, 11) is 1.58. The fourth-order valence-corrected chi connectivity index (χ4v) is 3.94. The van der Waals surface area contributed by atoms with E-state index in [0.717, 1.165) is 30.6 Å². The molecular formula is C12H19O2PS3. The van der Waals surface area contributed by atoms with Gasteiger partial charge in [0.25, 0.3) is 0 Å². The van der Waals surface area contributed by atoms with Gasteiger partial charge in [-0.3, -0.25) is 0 Å². The number of hydrogen-bond donors (Lipinski definition) is 3. The summed E-state index contributed by atoms with van der Waals surface area (Å²) in [5, 5.41) is 0.547. The van der Waals surface area contributed by atoms with Crippen LogP contribution in [0, 0.1) is 0 Å². The Balaban J connectivity index is 2.45. The lowest BCUT2D eigenvalue weighted by Crippen LogP contribution is -2.10. The number of benzene rings is 1. The Morgan fingerprint density at radius 2 is 1.78 bits per heavy atom. The summed E-state index contributed by atoms with van der Waals surface area (Å²) in [6.07, 6.45) is 5.46. The van der Waals surface area contributed by atoms with E-state index in [1.807, 2.05) is 12.1 Å². The third kappa shape index (κ3) is 6.09. The normalized spacial score (nSPS) is 11.7. The monoisotopic (exact) mass is 322 g/mol. The van der Waals surface area contributed by atoms with Gasteiger partial charge in [0.2, 0.25) is 6.49 Å². The molecule has 0 spiro atoms. The first-order valence-corrected chi connectivity index (χ1v) is 10.7. The lowest BCUT2D eigenvalue weighted by Gasteiger charge is -2.13. The van der Waals surface area contributed by atoms with Crippen molar-refractivity contribution < 1.29 is 9.79 Å². The SMILES string of the molecule is OP(O)(=S)c1ccccc1CCCCCCSS. The maximum absolute atomic E-state index is 9.61. The van der Waals surface area contributed by atoms with Gasteiger partial charge in [-0.15, -0.1) is 11.7 Å². The Kier molecular flexibility index (Phi) is 7.92. The van der Waals surface area contributed by atoms with E-state index in [1.165, 1.54) is 12.8 Å². The van der Waals surface area contributed by atoms with Gasteiger partial charge in [-0.2, -0.15) is 0 Å². The first kappa shape index (κ1) is 16.5. The lowest BCUT2D eigenvalue weighted by atomic mass is 10.1. The van der Waals surface area contributed by atoms with E-state index in [0.29, 0.717) is 5.30 Å². The molecule has 0 saturated heterocycles. The van der Waals surface area contributed by atoms with Crippen LogP contribution in [0.3, 0.4) is 0 Å². The average molecular weight is 322 g/mol. The molecule has 0 aliphatic carbocycles. The molecule has 6 heteroatoms. The molecule has 0 aliphatic heterocycles. The molecule has 2 nitrogen and oxygen atoms in total. The van der Waals surface area contributed by atoms with Crippen molar-refractivity contribution >= 4 is 46.1 Å². The Morgan fingerprint density at radius 3 is 2.44 bits per heavy atom. The second-order valence-corrected chi connectivity index (χ2v) is 8.71. The molecule has 0 bridgehead atoms. The van der Waals surface area contributed by atoms with Gasteiger partial charge in [-0.1, -0.05) is 41.8 Å². The van der Waals surface area contributed by atoms with Gasteiger partial charge in [0.15, 0.2) is 0 Å². The van der Waals surface area contributed by atoms with Gasteiger partial charge < -0.3 is 9.79 Å². The molecule has 0 amide bonds. The van der Waals surface area contributed by atoms with Gasteiger partial charge in [0.05, 0.1) is 0 Å². The highest BCUT2D eigenvalue weighted by Crippen LogP contribution is 2.35. The molecule has 102 valence electrons. The first-order valence-electron chi connectivity index (χ1n) is 5.96.